The molecule has 3 rings (SSSR count). The van der Waals surface area contributed by atoms with Gasteiger partial charge in [0.15, 0.2) is 5.76 Å². The fraction of sp³-hybridized carbons (Fsp3) is 0.294. The fourth-order valence-electron chi connectivity index (χ4n) is 2.52. The van der Waals surface area contributed by atoms with Crippen LogP contribution in [0.25, 0.3) is 6.08 Å². The van der Waals surface area contributed by atoms with Crippen LogP contribution >= 0.6 is 11.3 Å². The maximum absolute atomic E-state index is 12.8. The van der Waals surface area contributed by atoms with Crippen molar-refractivity contribution >= 4 is 29.2 Å². The number of piperazine rings is 1. The molecule has 0 aromatic carbocycles. The van der Waals surface area contributed by atoms with Crippen molar-refractivity contribution in [3.63, 3.8) is 0 Å². The van der Waals surface area contributed by atoms with Crippen molar-refractivity contribution in [1.29, 1.82) is 0 Å². The number of carbonyl (C=O) groups excluding carboxylic acids is 2. The van der Waals surface area contributed by atoms with E-state index in [1.165, 1.54) is 22.5 Å². The molecule has 24 heavy (non-hydrogen) atoms. The minimum absolute atomic E-state index is 0.157. The second kappa shape index (κ2) is 7.46. The number of rotatable bonds is 4. The van der Waals surface area contributed by atoms with Gasteiger partial charge in [-0.3, -0.25) is 9.59 Å². The number of nitrogens with one attached hydrogen (secondary N) is 2. The van der Waals surface area contributed by atoms with Crippen molar-refractivity contribution in [3.05, 3.63) is 52.2 Å². The summed E-state index contributed by atoms with van der Waals surface area (Å²) in [5.74, 6) is -0.394. The average Bonchev–Trinajstić information content (AvgIpc) is 3.28. The van der Waals surface area contributed by atoms with Crippen LogP contribution in [0.4, 0.5) is 0 Å². The maximum Gasteiger partial charge on any atom is 0.291 e. The number of likely N-dealkylation sites (N-methyl/N-ethyl adjacent to an activating group) is 1. The molecule has 1 aliphatic heterocycles. The summed E-state index contributed by atoms with van der Waals surface area (Å²) in [6.45, 7) is 3.18. The predicted molar refractivity (Wildman–Crippen MR) is 91.7 cm³/mol. The van der Waals surface area contributed by atoms with Crippen LogP contribution in [0.1, 0.15) is 15.4 Å². The third-order valence-corrected chi connectivity index (χ3v) is 4.78. The van der Waals surface area contributed by atoms with Crippen LogP contribution in [0.3, 0.4) is 0 Å². The smallest absolute Gasteiger partial charge is 0.291 e. The first-order valence-electron chi connectivity index (χ1n) is 7.84. The number of nitrogens with zero attached hydrogens (tertiary/aromatic N) is 1. The van der Waals surface area contributed by atoms with Gasteiger partial charge in [-0.05, 0) is 29.7 Å². The highest BCUT2D eigenvalue weighted by Gasteiger charge is 2.25. The van der Waals surface area contributed by atoms with E-state index in [1.54, 1.807) is 23.1 Å². The van der Waals surface area contributed by atoms with Crippen LogP contribution in [0.2, 0.25) is 0 Å². The molecule has 3 heterocycles. The summed E-state index contributed by atoms with van der Waals surface area (Å²) in [5.41, 5.74) is 0.276. The van der Waals surface area contributed by atoms with Crippen molar-refractivity contribution in [3.8, 4) is 0 Å². The summed E-state index contributed by atoms with van der Waals surface area (Å²) < 4.78 is 5.11. The van der Waals surface area contributed by atoms with Crippen LogP contribution in [0.5, 0.6) is 0 Å². The number of hydrogen-bond donors (Lipinski definition) is 2. The van der Waals surface area contributed by atoms with E-state index >= 15 is 0 Å². The lowest BCUT2D eigenvalue weighted by Gasteiger charge is -2.30. The van der Waals surface area contributed by atoms with Gasteiger partial charge in [0.25, 0.3) is 11.8 Å². The molecule has 2 aromatic rings. The van der Waals surface area contributed by atoms with Crippen molar-refractivity contribution < 1.29 is 18.9 Å². The Morgan fingerprint density at radius 1 is 1.29 bits per heavy atom. The van der Waals surface area contributed by atoms with Crippen molar-refractivity contribution in [1.82, 2.24) is 10.2 Å². The lowest BCUT2D eigenvalue weighted by atomic mass is 10.2. The Balaban J connectivity index is 1.79. The Morgan fingerprint density at radius 2 is 2.08 bits per heavy atom. The van der Waals surface area contributed by atoms with E-state index in [0.29, 0.717) is 13.1 Å². The summed E-state index contributed by atoms with van der Waals surface area (Å²) in [4.78, 5) is 29.2. The van der Waals surface area contributed by atoms with Gasteiger partial charge in [-0.1, -0.05) is 6.07 Å². The third kappa shape index (κ3) is 3.93. The molecule has 0 radical (unpaired) electrons. The quantitative estimate of drug-likeness (QED) is 0.791. The molecule has 2 aromatic heterocycles. The topological polar surface area (TPSA) is 67.0 Å². The molecule has 1 saturated heterocycles. The summed E-state index contributed by atoms with van der Waals surface area (Å²) in [6, 6.07) is 7.03. The first kappa shape index (κ1) is 16.5. The van der Waals surface area contributed by atoms with Gasteiger partial charge in [0, 0.05) is 4.88 Å². The molecule has 0 spiro atoms. The predicted octanol–water partition coefficient (Wildman–Crippen LogP) is 0.469. The van der Waals surface area contributed by atoms with Crippen LogP contribution in [-0.2, 0) is 4.79 Å². The zero-order valence-corrected chi connectivity index (χ0v) is 14.3. The Kier molecular flexibility index (Phi) is 5.12. The van der Waals surface area contributed by atoms with E-state index in [0.717, 1.165) is 18.0 Å². The largest absolute Gasteiger partial charge is 0.459 e. The molecule has 0 atom stereocenters. The number of hydrogen-bond acceptors (Lipinski definition) is 4. The van der Waals surface area contributed by atoms with Gasteiger partial charge in [0.05, 0.1) is 39.5 Å². The SMILES string of the molecule is C[NH+]1CCN(C(=O)/C(=C/c2cccs2)NC(=O)c2ccco2)CC1. The molecule has 0 saturated carbocycles. The second-order valence-corrected chi connectivity index (χ2v) is 6.73. The molecule has 2 amide bonds. The van der Waals surface area contributed by atoms with E-state index in [-0.39, 0.29) is 17.4 Å². The lowest BCUT2D eigenvalue weighted by molar-refractivity contribution is -0.883. The first-order chi connectivity index (χ1) is 11.6. The van der Waals surface area contributed by atoms with Gasteiger partial charge in [-0.25, -0.2) is 0 Å². The molecule has 7 heteroatoms. The van der Waals surface area contributed by atoms with Crippen molar-refractivity contribution in [2.45, 2.75) is 0 Å². The monoisotopic (exact) mass is 346 g/mol. The second-order valence-electron chi connectivity index (χ2n) is 5.75. The molecular weight excluding hydrogens is 326 g/mol. The van der Waals surface area contributed by atoms with Crippen LogP contribution < -0.4 is 10.2 Å². The number of thiophene rings is 1. The van der Waals surface area contributed by atoms with Gasteiger partial charge in [0.1, 0.15) is 5.70 Å². The van der Waals surface area contributed by atoms with Gasteiger partial charge in [-0.15, -0.1) is 11.3 Å². The highest BCUT2D eigenvalue weighted by Crippen LogP contribution is 2.14. The standard InChI is InChI=1S/C17H19N3O3S/c1-19-6-8-20(9-7-19)17(22)14(12-13-4-3-11-24-13)18-16(21)15-5-2-10-23-15/h2-5,10-12H,6-9H2,1H3,(H,18,21)/p+1/b14-12-. The van der Waals surface area contributed by atoms with E-state index in [9.17, 15) is 9.59 Å². The third-order valence-electron chi connectivity index (χ3n) is 3.96. The summed E-state index contributed by atoms with van der Waals surface area (Å²) in [5, 5.41) is 4.64. The molecular formula is C17H20N3O3S+. The van der Waals surface area contributed by atoms with E-state index in [2.05, 4.69) is 12.4 Å². The lowest BCUT2D eigenvalue weighted by Crippen LogP contribution is -3.12. The number of furan rings is 1. The molecule has 1 fully saturated rings. The average molecular weight is 346 g/mol. The fourth-order valence-corrected chi connectivity index (χ4v) is 3.18. The Hall–Kier alpha value is -2.38. The molecule has 0 bridgehead atoms. The van der Waals surface area contributed by atoms with Gasteiger partial charge >= 0.3 is 0 Å². The highest BCUT2D eigenvalue weighted by atomic mass is 32.1. The summed E-state index contributed by atoms with van der Waals surface area (Å²) in [7, 11) is 2.11. The van der Waals surface area contributed by atoms with E-state index in [1.807, 2.05) is 17.5 Å². The Bertz CT molecular complexity index is 714. The molecule has 2 N–H and O–H groups in total. The molecule has 1 aliphatic rings. The first-order valence-corrected chi connectivity index (χ1v) is 8.72. The van der Waals surface area contributed by atoms with E-state index < -0.39 is 5.91 Å². The Labute approximate surface area is 144 Å². The molecule has 126 valence electrons. The highest BCUT2D eigenvalue weighted by molar-refractivity contribution is 7.10. The van der Waals surface area contributed by atoms with Crippen molar-refractivity contribution in [2.75, 3.05) is 33.2 Å². The zero-order chi connectivity index (χ0) is 16.9. The van der Waals surface area contributed by atoms with Crippen LogP contribution in [0, 0.1) is 0 Å². The number of quaternary nitrogens is 1. The minimum atomic E-state index is -0.420. The minimum Gasteiger partial charge on any atom is -0.459 e. The van der Waals surface area contributed by atoms with Gasteiger partial charge in [-0.2, -0.15) is 0 Å². The van der Waals surface area contributed by atoms with Crippen molar-refractivity contribution in [2.24, 2.45) is 0 Å². The normalized spacial score (nSPS) is 16.2. The summed E-state index contributed by atoms with van der Waals surface area (Å²) in [6.07, 6.45) is 3.15. The summed E-state index contributed by atoms with van der Waals surface area (Å²) >= 11 is 1.51. The Morgan fingerprint density at radius 3 is 2.71 bits per heavy atom. The molecule has 0 aliphatic carbocycles. The van der Waals surface area contributed by atoms with Crippen LogP contribution in [0.15, 0.2) is 46.0 Å². The van der Waals surface area contributed by atoms with Gasteiger partial charge in [0.2, 0.25) is 0 Å². The number of carbonyl (C=O) groups is 2. The van der Waals surface area contributed by atoms with E-state index in [4.69, 9.17) is 4.42 Å². The molecule has 6 nitrogen and oxygen atoms in total. The molecule has 0 unspecified atom stereocenters. The van der Waals surface area contributed by atoms with Crippen LogP contribution in [-0.4, -0.2) is 49.9 Å². The zero-order valence-electron chi connectivity index (χ0n) is 13.5. The maximum atomic E-state index is 12.8. The number of amides is 2. The van der Waals surface area contributed by atoms with Gasteiger partial charge < -0.3 is 19.5 Å².